The third kappa shape index (κ3) is 3.42. The summed E-state index contributed by atoms with van der Waals surface area (Å²) in [6.07, 6.45) is 0.0991. The van der Waals surface area contributed by atoms with Crippen LogP contribution in [0.5, 0.6) is 0 Å². The molecule has 0 amide bonds. The van der Waals surface area contributed by atoms with E-state index in [-0.39, 0.29) is 6.42 Å². The Hall–Kier alpha value is -0.960. The van der Waals surface area contributed by atoms with Crippen molar-refractivity contribution in [2.45, 2.75) is 25.1 Å². The van der Waals surface area contributed by atoms with Gasteiger partial charge in [-0.3, -0.25) is 0 Å². The third-order valence-corrected chi connectivity index (χ3v) is 2.50. The molecular formula is C5H11F2N3O3S. The molecule has 0 fully saturated rings. The molecule has 0 bridgehead atoms. The van der Waals surface area contributed by atoms with E-state index in [4.69, 9.17) is 10.9 Å². The van der Waals surface area contributed by atoms with Crippen molar-refractivity contribution in [3.63, 3.8) is 0 Å². The zero-order chi connectivity index (χ0) is 11.4. The first kappa shape index (κ1) is 13.0. The Morgan fingerprint density at radius 3 is 2.43 bits per heavy atom. The lowest BCUT2D eigenvalue weighted by Crippen LogP contribution is -2.45. The average molecular weight is 231 g/mol. The molecule has 14 heavy (non-hydrogen) atoms. The van der Waals surface area contributed by atoms with Crippen molar-refractivity contribution in [1.82, 2.24) is 4.72 Å². The molecule has 0 aliphatic rings. The number of rotatable bonds is 5. The molecule has 4 N–H and O–H groups in total. The largest absolute Gasteiger partial charge is 0.409 e. The van der Waals surface area contributed by atoms with Gasteiger partial charge in [0, 0.05) is 0 Å². The van der Waals surface area contributed by atoms with E-state index in [9.17, 15) is 17.2 Å². The Morgan fingerprint density at radius 1 is 1.64 bits per heavy atom. The molecule has 0 spiro atoms. The number of halogens is 2. The highest BCUT2D eigenvalue weighted by Gasteiger charge is 2.28. The van der Waals surface area contributed by atoms with Gasteiger partial charge >= 0.3 is 5.76 Å². The minimum Gasteiger partial charge on any atom is -0.409 e. The van der Waals surface area contributed by atoms with Crippen LogP contribution in [0.2, 0.25) is 0 Å². The Bertz CT molecular complexity index is 303. The second kappa shape index (κ2) is 5.05. The highest BCUT2D eigenvalue weighted by Crippen LogP contribution is 2.04. The van der Waals surface area contributed by atoms with Crippen molar-refractivity contribution < 1.29 is 22.4 Å². The highest BCUT2D eigenvalue weighted by molar-refractivity contribution is 7.89. The number of nitrogens with zero attached hydrogens (tertiary/aromatic N) is 1. The summed E-state index contributed by atoms with van der Waals surface area (Å²) in [5, 5.41) is 10.7. The van der Waals surface area contributed by atoms with Crippen LogP contribution in [-0.2, 0) is 10.0 Å². The highest BCUT2D eigenvalue weighted by atomic mass is 32.2. The number of nitrogens with one attached hydrogen (secondary N) is 1. The zero-order valence-electron chi connectivity index (χ0n) is 7.31. The van der Waals surface area contributed by atoms with Gasteiger partial charge in [-0.25, -0.2) is 8.42 Å². The Balaban J connectivity index is 4.65. The van der Waals surface area contributed by atoms with Gasteiger partial charge in [-0.05, 0) is 6.42 Å². The van der Waals surface area contributed by atoms with Crippen LogP contribution in [0.3, 0.4) is 0 Å². The maximum absolute atomic E-state index is 11.9. The molecule has 84 valence electrons. The summed E-state index contributed by atoms with van der Waals surface area (Å²) in [4.78, 5) is 0. The van der Waals surface area contributed by atoms with E-state index >= 15 is 0 Å². The van der Waals surface area contributed by atoms with Crippen molar-refractivity contribution in [3.05, 3.63) is 0 Å². The van der Waals surface area contributed by atoms with Crippen molar-refractivity contribution >= 4 is 15.9 Å². The normalized spacial score (nSPS) is 15.9. The molecule has 0 rings (SSSR count). The fourth-order valence-electron chi connectivity index (χ4n) is 0.672. The average Bonchev–Trinajstić information content (AvgIpc) is 2.12. The molecule has 0 aliphatic carbocycles. The van der Waals surface area contributed by atoms with Crippen LogP contribution < -0.4 is 10.5 Å². The van der Waals surface area contributed by atoms with Gasteiger partial charge in [0.2, 0.25) is 0 Å². The van der Waals surface area contributed by atoms with E-state index < -0.39 is 27.7 Å². The topological polar surface area (TPSA) is 105 Å². The molecule has 0 aliphatic heterocycles. The number of hydrogen-bond acceptors (Lipinski definition) is 4. The van der Waals surface area contributed by atoms with E-state index in [1.807, 2.05) is 0 Å². The molecule has 6 nitrogen and oxygen atoms in total. The first-order chi connectivity index (χ1) is 6.35. The van der Waals surface area contributed by atoms with Crippen LogP contribution in [-0.4, -0.2) is 31.3 Å². The Labute approximate surface area is 79.8 Å². The summed E-state index contributed by atoms with van der Waals surface area (Å²) in [6.45, 7) is 1.50. The van der Waals surface area contributed by atoms with Crippen molar-refractivity contribution in [2.24, 2.45) is 10.9 Å². The molecule has 0 heterocycles. The third-order valence-electron chi connectivity index (χ3n) is 1.42. The summed E-state index contributed by atoms with van der Waals surface area (Å²) in [7, 11) is -4.72. The fourth-order valence-corrected chi connectivity index (χ4v) is 1.46. The minimum absolute atomic E-state index is 0.0991. The molecule has 0 radical (unpaired) electrons. The molecule has 0 saturated carbocycles. The van der Waals surface area contributed by atoms with Crippen LogP contribution in [0.25, 0.3) is 0 Å². The molecule has 1 unspecified atom stereocenters. The van der Waals surface area contributed by atoms with Gasteiger partial charge in [0.1, 0.15) is 0 Å². The second-order valence-corrected chi connectivity index (χ2v) is 4.09. The van der Waals surface area contributed by atoms with E-state index in [1.54, 1.807) is 4.72 Å². The van der Waals surface area contributed by atoms with Crippen molar-refractivity contribution in [2.75, 3.05) is 0 Å². The number of amidine groups is 1. The van der Waals surface area contributed by atoms with E-state index in [0.717, 1.165) is 0 Å². The van der Waals surface area contributed by atoms with Crippen LogP contribution in [0.1, 0.15) is 13.3 Å². The van der Waals surface area contributed by atoms with Crippen LogP contribution in [0.4, 0.5) is 8.78 Å². The number of alkyl halides is 2. The van der Waals surface area contributed by atoms with Gasteiger partial charge < -0.3 is 10.9 Å². The molecule has 0 saturated heterocycles. The maximum atomic E-state index is 11.9. The van der Waals surface area contributed by atoms with E-state index in [0.29, 0.717) is 0 Å². The Morgan fingerprint density at radius 2 is 2.14 bits per heavy atom. The van der Waals surface area contributed by atoms with Gasteiger partial charge in [0.05, 0.1) is 6.04 Å². The van der Waals surface area contributed by atoms with Crippen molar-refractivity contribution in [1.29, 1.82) is 0 Å². The molecule has 1 atom stereocenters. The fraction of sp³-hybridized carbons (Fsp3) is 0.800. The van der Waals surface area contributed by atoms with Crippen LogP contribution in [0, 0.1) is 0 Å². The molecule has 0 aromatic rings. The van der Waals surface area contributed by atoms with Gasteiger partial charge in [-0.1, -0.05) is 12.1 Å². The molecule has 0 aromatic carbocycles. The number of nitrogens with two attached hydrogens (primary N) is 1. The quantitative estimate of drug-likeness (QED) is 0.260. The van der Waals surface area contributed by atoms with Crippen LogP contribution in [0.15, 0.2) is 5.16 Å². The van der Waals surface area contributed by atoms with Gasteiger partial charge in [0.15, 0.2) is 5.84 Å². The van der Waals surface area contributed by atoms with Gasteiger partial charge in [0.25, 0.3) is 10.0 Å². The summed E-state index contributed by atoms with van der Waals surface area (Å²) in [5.41, 5.74) is 5.06. The first-order valence-corrected chi connectivity index (χ1v) is 5.16. The van der Waals surface area contributed by atoms with Crippen molar-refractivity contribution in [3.8, 4) is 0 Å². The predicted molar refractivity (Wildman–Crippen MR) is 45.5 cm³/mol. The Kier molecular flexibility index (Phi) is 4.71. The van der Waals surface area contributed by atoms with Crippen LogP contribution >= 0.6 is 0 Å². The van der Waals surface area contributed by atoms with Gasteiger partial charge in [-0.15, -0.1) is 0 Å². The lowest BCUT2D eigenvalue weighted by molar-refractivity contribution is 0.232. The lowest BCUT2D eigenvalue weighted by Gasteiger charge is -2.14. The van der Waals surface area contributed by atoms with E-state index in [1.165, 1.54) is 6.92 Å². The summed E-state index contributed by atoms with van der Waals surface area (Å²) in [6, 6.07) is -1.13. The first-order valence-electron chi connectivity index (χ1n) is 3.61. The number of hydrogen-bond donors (Lipinski definition) is 3. The maximum Gasteiger partial charge on any atom is 0.350 e. The standard InChI is InChI=1S/C5H11F2N3O3S/c1-2-3(4(8)9-11)10-14(12,13)5(6)7/h3,5,10-11H,2H2,1H3,(H2,8,9). The summed E-state index contributed by atoms with van der Waals surface area (Å²) < 4.78 is 46.7. The van der Waals surface area contributed by atoms with E-state index in [2.05, 4.69) is 5.16 Å². The molecular weight excluding hydrogens is 220 g/mol. The SMILES string of the molecule is CCC(NS(=O)(=O)C(F)F)/C(N)=N/O. The zero-order valence-corrected chi connectivity index (χ0v) is 8.13. The smallest absolute Gasteiger partial charge is 0.350 e. The lowest BCUT2D eigenvalue weighted by atomic mass is 10.2. The minimum atomic E-state index is -4.72. The monoisotopic (exact) mass is 231 g/mol. The summed E-state index contributed by atoms with van der Waals surface area (Å²) in [5.74, 6) is -4.00. The predicted octanol–water partition coefficient (Wildman–Crippen LogP) is -0.347. The number of oxime groups is 1. The summed E-state index contributed by atoms with van der Waals surface area (Å²) >= 11 is 0. The number of sulfonamides is 1. The molecule has 9 heteroatoms. The second-order valence-electron chi connectivity index (χ2n) is 2.41. The molecule has 0 aromatic heterocycles. The van der Waals surface area contributed by atoms with Gasteiger partial charge in [-0.2, -0.15) is 13.5 Å².